The van der Waals surface area contributed by atoms with Crippen molar-refractivity contribution in [2.75, 3.05) is 6.61 Å². The maximum absolute atomic E-state index is 9.61. The first-order valence-corrected chi connectivity index (χ1v) is 4.56. The molecule has 0 bridgehead atoms. The highest BCUT2D eigenvalue weighted by atomic mass is 16.4. The lowest BCUT2D eigenvalue weighted by Gasteiger charge is -2.16. The Bertz CT molecular complexity index is 303. The summed E-state index contributed by atoms with van der Waals surface area (Å²) in [5, 5.41) is 36.0. The van der Waals surface area contributed by atoms with Gasteiger partial charge in [-0.3, -0.25) is 0 Å². The molecule has 0 saturated heterocycles. The molecule has 0 radical (unpaired) electrons. The Kier molecular flexibility index (Phi) is 4.25. The zero-order chi connectivity index (χ0) is 11.4. The lowest BCUT2D eigenvalue weighted by atomic mass is 9.80. The van der Waals surface area contributed by atoms with E-state index in [9.17, 15) is 5.11 Å². The highest BCUT2D eigenvalue weighted by Crippen LogP contribution is 2.13. The van der Waals surface area contributed by atoms with Crippen LogP contribution in [0.15, 0.2) is 24.3 Å². The summed E-state index contributed by atoms with van der Waals surface area (Å²) >= 11 is 0. The second-order valence-electron chi connectivity index (χ2n) is 3.33. The van der Waals surface area contributed by atoms with Gasteiger partial charge in [-0.25, -0.2) is 0 Å². The molecule has 0 aromatic heterocycles. The molecule has 0 aliphatic heterocycles. The molecule has 0 aliphatic rings. The van der Waals surface area contributed by atoms with Crippen LogP contribution in [0.5, 0.6) is 0 Å². The van der Waals surface area contributed by atoms with Gasteiger partial charge in [0.25, 0.3) is 0 Å². The Labute approximate surface area is 87.9 Å². The summed E-state index contributed by atoms with van der Waals surface area (Å²) in [4.78, 5) is 0. The van der Waals surface area contributed by atoms with Crippen molar-refractivity contribution < 1.29 is 20.3 Å². The fraction of sp³-hybridized carbons (Fsp3) is 0.333. The van der Waals surface area contributed by atoms with Crippen molar-refractivity contribution >= 4 is 12.6 Å². The third kappa shape index (κ3) is 3.02. The van der Waals surface area contributed by atoms with E-state index in [4.69, 9.17) is 20.9 Å². The van der Waals surface area contributed by atoms with E-state index in [0.717, 1.165) is 0 Å². The number of aliphatic hydroxyl groups is 2. The Morgan fingerprint density at radius 3 is 2.13 bits per heavy atom. The van der Waals surface area contributed by atoms with Crippen LogP contribution in [0, 0.1) is 0 Å². The van der Waals surface area contributed by atoms with E-state index in [1.807, 2.05) is 0 Å². The summed E-state index contributed by atoms with van der Waals surface area (Å²) in [5.41, 5.74) is 6.31. The van der Waals surface area contributed by atoms with Gasteiger partial charge in [-0.1, -0.05) is 24.3 Å². The Morgan fingerprint density at radius 1 is 1.20 bits per heavy atom. The monoisotopic (exact) mass is 211 g/mol. The molecule has 0 amide bonds. The molecule has 1 aromatic rings. The summed E-state index contributed by atoms with van der Waals surface area (Å²) in [6.45, 7) is -0.314. The molecular weight excluding hydrogens is 197 g/mol. The van der Waals surface area contributed by atoms with Crippen LogP contribution < -0.4 is 11.2 Å². The second kappa shape index (κ2) is 5.25. The normalized spacial score (nSPS) is 14.7. The lowest BCUT2D eigenvalue weighted by molar-refractivity contribution is 0.109. The van der Waals surface area contributed by atoms with Crippen LogP contribution in [-0.2, 0) is 0 Å². The maximum atomic E-state index is 9.61. The zero-order valence-electron chi connectivity index (χ0n) is 8.11. The molecule has 0 spiro atoms. The average Bonchev–Trinajstić information content (AvgIpc) is 2.27. The number of hydrogen-bond acceptors (Lipinski definition) is 5. The van der Waals surface area contributed by atoms with Crippen LogP contribution >= 0.6 is 0 Å². The van der Waals surface area contributed by atoms with Crippen molar-refractivity contribution in [2.24, 2.45) is 5.73 Å². The van der Waals surface area contributed by atoms with Crippen molar-refractivity contribution in [3.05, 3.63) is 29.8 Å². The molecule has 5 nitrogen and oxygen atoms in total. The predicted octanol–water partition coefficient (Wildman–Crippen LogP) is -2.28. The molecule has 1 aromatic carbocycles. The summed E-state index contributed by atoms with van der Waals surface area (Å²) in [7, 11) is -1.53. The Balaban J connectivity index is 2.79. The minimum atomic E-state index is -1.53. The van der Waals surface area contributed by atoms with E-state index in [2.05, 4.69) is 0 Å². The van der Waals surface area contributed by atoms with Crippen LogP contribution in [0.1, 0.15) is 11.7 Å². The molecular formula is C9H14BNO4. The minimum absolute atomic E-state index is 0.314. The summed E-state index contributed by atoms with van der Waals surface area (Å²) < 4.78 is 0. The van der Waals surface area contributed by atoms with Gasteiger partial charge in [-0.15, -0.1) is 0 Å². The van der Waals surface area contributed by atoms with Crippen LogP contribution in [-0.4, -0.2) is 40.0 Å². The molecule has 6 heteroatoms. The lowest BCUT2D eigenvalue weighted by Crippen LogP contribution is -2.33. The highest BCUT2D eigenvalue weighted by Gasteiger charge is 2.17. The second-order valence-corrected chi connectivity index (χ2v) is 3.33. The standard InChI is InChI=1S/C9H14BNO4/c11-8(5-12)9(13)6-1-3-7(4-2-6)10(14)15/h1-4,8-9,12-15H,5,11H2. The van der Waals surface area contributed by atoms with E-state index in [1.165, 1.54) is 24.3 Å². The van der Waals surface area contributed by atoms with Crippen molar-refractivity contribution in [1.29, 1.82) is 0 Å². The Hall–Kier alpha value is -0.915. The van der Waals surface area contributed by atoms with Crippen molar-refractivity contribution in [1.82, 2.24) is 0 Å². The SMILES string of the molecule is NC(CO)C(O)c1ccc(B(O)O)cc1. The number of hydrogen-bond donors (Lipinski definition) is 5. The van der Waals surface area contributed by atoms with Crippen LogP contribution in [0.3, 0.4) is 0 Å². The van der Waals surface area contributed by atoms with Crippen LogP contribution in [0.4, 0.5) is 0 Å². The number of aliphatic hydroxyl groups excluding tert-OH is 2. The number of nitrogens with two attached hydrogens (primary N) is 1. The van der Waals surface area contributed by atoms with Gasteiger partial charge >= 0.3 is 7.12 Å². The van der Waals surface area contributed by atoms with Gasteiger partial charge in [-0.2, -0.15) is 0 Å². The predicted molar refractivity (Wildman–Crippen MR) is 56.3 cm³/mol. The fourth-order valence-electron chi connectivity index (χ4n) is 1.21. The molecule has 82 valence electrons. The van der Waals surface area contributed by atoms with Gasteiger partial charge in [0.2, 0.25) is 0 Å². The highest BCUT2D eigenvalue weighted by molar-refractivity contribution is 6.58. The largest absolute Gasteiger partial charge is 0.488 e. The molecule has 1 rings (SSSR count). The van der Waals surface area contributed by atoms with Gasteiger partial charge in [0.15, 0.2) is 0 Å². The minimum Gasteiger partial charge on any atom is -0.423 e. The van der Waals surface area contributed by atoms with Gasteiger partial charge < -0.3 is 26.0 Å². The first-order chi connectivity index (χ1) is 7.06. The average molecular weight is 211 g/mol. The van der Waals surface area contributed by atoms with E-state index in [0.29, 0.717) is 11.0 Å². The van der Waals surface area contributed by atoms with Crippen molar-refractivity contribution in [2.45, 2.75) is 12.1 Å². The fourth-order valence-corrected chi connectivity index (χ4v) is 1.21. The molecule has 15 heavy (non-hydrogen) atoms. The number of rotatable bonds is 4. The van der Waals surface area contributed by atoms with Crippen LogP contribution in [0.25, 0.3) is 0 Å². The molecule has 0 aliphatic carbocycles. The van der Waals surface area contributed by atoms with E-state index in [1.54, 1.807) is 0 Å². The molecule has 2 unspecified atom stereocenters. The third-order valence-corrected chi connectivity index (χ3v) is 2.19. The van der Waals surface area contributed by atoms with E-state index in [-0.39, 0.29) is 6.61 Å². The van der Waals surface area contributed by atoms with Gasteiger partial charge in [0, 0.05) is 0 Å². The smallest absolute Gasteiger partial charge is 0.423 e. The van der Waals surface area contributed by atoms with Gasteiger partial charge in [0.05, 0.1) is 18.8 Å². The summed E-state index contributed by atoms with van der Waals surface area (Å²) in [6, 6.07) is 5.29. The van der Waals surface area contributed by atoms with Crippen LogP contribution in [0.2, 0.25) is 0 Å². The first-order valence-electron chi connectivity index (χ1n) is 4.56. The molecule has 0 fully saturated rings. The third-order valence-electron chi connectivity index (χ3n) is 2.19. The number of benzene rings is 1. The van der Waals surface area contributed by atoms with Crippen molar-refractivity contribution in [3.63, 3.8) is 0 Å². The Morgan fingerprint density at radius 2 is 1.73 bits per heavy atom. The molecule has 0 heterocycles. The van der Waals surface area contributed by atoms with Crippen molar-refractivity contribution in [3.8, 4) is 0 Å². The van der Waals surface area contributed by atoms with Gasteiger partial charge in [0.1, 0.15) is 0 Å². The quantitative estimate of drug-likeness (QED) is 0.360. The zero-order valence-corrected chi connectivity index (χ0v) is 8.11. The molecule has 0 saturated carbocycles. The summed E-state index contributed by atoms with van der Waals surface area (Å²) in [6.07, 6.45) is -0.958. The molecule has 6 N–H and O–H groups in total. The maximum Gasteiger partial charge on any atom is 0.488 e. The molecule has 2 atom stereocenters. The first kappa shape index (κ1) is 12.2. The summed E-state index contributed by atoms with van der Waals surface area (Å²) in [5.74, 6) is 0. The van der Waals surface area contributed by atoms with E-state index >= 15 is 0 Å². The van der Waals surface area contributed by atoms with E-state index < -0.39 is 19.3 Å². The van der Waals surface area contributed by atoms with Gasteiger partial charge in [-0.05, 0) is 11.0 Å². The topological polar surface area (TPSA) is 107 Å².